The Morgan fingerprint density at radius 1 is 0.399 bits per heavy atom. The van der Waals surface area contributed by atoms with Gasteiger partial charge in [0.1, 0.15) is 73.9 Å². The largest absolute Gasteiger partial charge is 0.588 e. The number of nitrogens with one attached hydrogen (secondary N) is 2. The van der Waals surface area contributed by atoms with Gasteiger partial charge in [0, 0.05) is 6.42 Å². The van der Waals surface area contributed by atoms with Gasteiger partial charge in [-0.1, -0.05) is 438 Å². The molecule has 2 saturated heterocycles. The van der Waals surface area contributed by atoms with E-state index in [4.69, 9.17) is 145 Å². The zero-order valence-electron chi connectivity index (χ0n) is 82.2. The zero-order chi connectivity index (χ0) is 99.5. The minimum absolute atomic E-state index is 0.0563. The van der Waals surface area contributed by atoms with Gasteiger partial charge in [0.2, 0.25) is 13.5 Å². The molecule has 0 radical (unpaired) electrons. The number of esters is 3. The van der Waals surface area contributed by atoms with Crippen LogP contribution in [0.25, 0.3) is 0 Å². The van der Waals surface area contributed by atoms with Crippen molar-refractivity contribution in [1.29, 1.82) is 0 Å². The minimum Gasteiger partial charge on any atom is -0.462 e. The van der Waals surface area contributed by atoms with Gasteiger partial charge in [-0.15, -0.1) is 13.2 Å². The predicted molar refractivity (Wildman–Crippen MR) is 544 cm³/mol. The number of rotatable bonds is 78. The van der Waals surface area contributed by atoms with Crippen molar-refractivity contribution in [3.05, 3.63) is 158 Å². The number of alkyl carbamates (subject to hydrolysis) is 1. The lowest BCUT2D eigenvalue weighted by molar-refractivity contribution is -0.306. The predicted octanol–water partition coefficient (Wildman–Crippen LogP) is 27.9. The van der Waals surface area contributed by atoms with Gasteiger partial charge in [-0.3, -0.25) is 23.7 Å². The Kier molecular flexibility index (Phi) is 64.0. The molecule has 2 fully saturated rings. The number of alkyl halides is 6. The Bertz CT molecular complexity index is 3900. The lowest BCUT2D eigenvalue weighted by Gasteiger charge is -2.47. The second-order valence-corrected chi connectivity index (χ2v) is 42.5. The van der Waals surface area contributed by atoms with Crippen molar-refractivity contribution in [3.8, 4) is 11.5 Å². The first kappa shape index (κ1) is 121. The van der Waals surface area contributed by atoms with Gasteiger partial charge in [0.05, 0.1) is 64.5 Å². The van der Waals surface area contributed by atoms with Gasteiger partial charge >= 0.3 is 38.0 Å². The molecule has 25 nitrogen and oxygen atoms in total. The minimum atomic E-state index is -5.30. The first-order chi connectivity index (χ1) is 66.8. The summed E-state index contributed by atoms with van der Waals surface area (Å²) in [5.41, 5.74) is 1.80. The molecule has 13 atom stereocenters. The number of hydrogen-bond acceptors (Lipinski definition) is 23. The van der Waals surface area contributed by atoms with Gasteiger partial charge in [-0.2, -0.15) is 0 Å². The third kappa shape index (κ3) is 54.6. The summed E-state index contributed by atoms with van der Waals surface area (Å²) in [6, 6.07) is 31.5. The third-order valence-corrected chi connectivity index (χ3v) is 26.0. The quantitative estimate of drug-likeness (QED) is 0.0104. The molecule has 138 heavy (non-hydrogen) atoms. The van der Waals surface area contributed by atoms with Gasteiger partial charge in [-0.25, -0.2) is 14.2 Å². The SMILES string of the molecule is C=CCO[C@H]1O[C@H](CO[C@@H]2O[C@H](COC(=O)OCC(Cl)(Cl)Cl)[C@@H](OP(=O)(Oc3ccccc3)Oc3ccccc3)[C@H](OC(=O)C[C@@H](CCCCCCCCCCC)OC(=O)CCCCCCCCCCCCC)[C@@H]2NC(=O)OCC(Cl)(Cl)Cl)[C@@H](OCC=C)[C@H](OC(=O)C[C@@H](CCCCCCCCCCC)OCc2ccccc2)[C@@H]1NC(=O)C[C@@H](CCCCCCCCCCC)OCc1ccccc1. The van der Waals surface area contributed by atoms with Crippen molar-refractivity contribution in [3.63, 3.8) is 0 Å². The molecule has 0 bridgehead atoms. The molecule has 4 aromatic rings. The van der Waals surface area contributed by atoms with Gasteiger partial charge < -0.3 is 81.3 Å². The van der Waals surface area contributed by atoms with E-state index in [1.165, 1.54) is 107 Å². The number of ether oxygens (including phenoxy) is 13. The van der Waals surface area contributed by atoms with Crippen LogP contribution >= 0.6 is 77.4 Å². The number of carbonyl (C=O) groups is 6. The fourth-order valence-corrected chi connectivity index (χ4v) is 18.4. The number of para-hydroxylation sites is 2. The van der Waals surface area contributed by atoms with Crippen LogP contribution in [-0.2, 0) is 103 Å². The highest BCUT2D eigenvalue weighted by molar-refractivity contribution is 7.49. The summed E-state index contributed by atoms with van der Waals surface area (Å²) in [5.74, 6) is -2.97. The summed E-state index contributed by atoms with van der Waals surface area (Å²) in [6.45, 7) is 13.3. The molecular formula is C106H159Cl6N2O23P. The molecule has 2 N–H and O–H groups in total. The molecule has 0 unspecified atom stereocenters. The van der Waals surface area contributed by atoms with Crippen molar-refractivity contribution in [1.82, 2.24) is 10.6 Å². The first-order valence-corrected chi connectivity index (χ1v) is 54.8. The van der Waals surface area contributed by atoms with E-state index in [2.05, 4.69) is 51.5 Å². The monoisotopic (exact) mass is 2070 g/mol. The summed E-state index contributed by atoms with van der Waals surface area (Å²) in [6.07, 6.45) is 23.5. The van der Waals surface area contributed by atoms with Crippen LogP contribution in [0.2, 0.25) is 0 Å². The summed E-state index contributed by atoms with van der Waals surface area (Å²) >= 11 is 37.1. The third-order valence-electron chi connectivity index (χ3n) is 23.9. The highest BCUT2D eigenvalue weighted by Crippen LogP contribution is 2.53. The van der Waals surface area contributed by atoms with E-state index in [9.17, 15) is 14.4 Å². The Morgan fingerprint density at radius 3 is 1.20 bits per heavy atom. The number of amides is 2. The number of hydrogen-bond donors (Lipinski definition) is 2. The number of unbranched alkanes of at least 4 members (excludes halogenated alkanes) is 34. The van der Waals surface area contributed by atoms with Crippen molar-refractivity contribution < 1.29 is 108 Å². The lowest BCUT2D eigenvalue weighted by atomic mass is 9.95. The van der Waals surface area contributed by atoms with E-state index in [1.54, 1.807) is 36.4 Å². The van der Waals surface area contributed by atoms with Crippen molar-refractivity contribution in [2.45, 2.75) is 417 Å². The average Bonchev–Trinajstić information content (AvgIpc) is 0.752. The van der Waals surface area contributed by atoms with Crippen LogP contribution in [0.1, 0.15) is 328 Å². The first-order valence-electron chi connectivity index (χ1n) is 51.0. The summed E-state index contributed by atoms with van der Waals surface area (Å²) in [7, 11) is -5.30. The molecule has 0 aromatic heterocycles. The molecule has 2 aliphatic heterocycles. The molecule has 6 rings (SSSR count). The molecule has 32 heteroatoms. The second-order valence-electron chi connectivity index (χ2n) is 36.0. The van der Waals surface area contributed by atoms with Crippen LogP contribution in [-0.4, -0.2) is 163 Å². The van der Waals surface area contributed by atoms with Gasteiger partial charge in [-0.05, 0) is 67.5 Å². The molecule has 778 valence electrons. The maximum atomic E-state index is 16.2. The highest BCUT2D eigenvalue weighted by atomic mass is 35.6. The van der Waals surface area contributed by atoms with Crippen LogP contribution in [0.5, 0.6) is 11.5 Å². The summed E-state index contributed by atoms with van der Waals surface area (Å²) in [4.78, 5) is 89.7. The molecule has 2 heterocycles. The maximum absolute atomic E-state index is 16.2. The standard InChI is InChI=1S/C106H159Cl6N2O23P/c1-7-13-17-21-25-29-30-34-38-42-58-70-92(116)130-88(69-53-41-37-33-28-24-20-16-10-4)75-94(118)134-100-96(114-103(119)128-80-105(107,108)109)102(132-90(79-127-104(120)129-81-106(110,111)112)98(100)137-138(121,135-84-63-54-45-55-64-84)136-85-65-56-46-57-66-85)126-78-89-97(122-71-11-5)99(133-93(117)74-87(125-77-83-61-49-44-50-62-83)68-52-40-36-32-27-23-19-15-9-3)95(101(131-89)123-72-12-6)113-91(115)73-86(124-76-82-59-47-43-48-60-82)67-51-39-35-31-26-22-18-14-8-2/h11-12,43-50,54-57,59-66,86-90,95-102H,5-10,13-42,51-53,58,67-81H2,1-4H3,(H,113,115)(H,114,119)/t86-,87-,88-,89-,90-,95+,96+,97-,98-,99-,100-,101+,102-/m1/s1. The van der Waals surface area contributed by atoms with E-state index in [0.29, 0.717) is 25.7 Å². The number of benzene rings is 4. The Hall–Kier alpha value is -5.97. The number of carbonyl (C=O) groups excluding carboxylic acids is 6. The van der Waals surface area contributed by atoms with Crippen LogP contribution in [0, 0.1) is 0 Å². The number of phosphoric acid groups is 1. The molecule has 4 aromatic carbocycles. The van der Waals surface area contributed by atoms with Crippen molar-refractivity contribution >= 4 is 113 Å². The molecule has 2 amide bonds. The maximum Gasteiger partial charge on any atom is 0.588 e. The van der Waals surface area contributed by atoms with E-state index in [1.807, 2.05) is 60.7 Å². The van der Waals surface area contributed by atoms with E-state index in [-0.39, 0.29) is 63.6 Å². The normalized spacial score (nSPS) is 19.0. The molecule has 2 aliphatic rings. The summed E-state index contributed by atoms with van der Waals surface area (Å²) in [5, 5.41) is 5.85. The van der Waals surface area contributed by atoms with Gasteiger partial charge in [0.15, 0.2) is 24.8 Å². The van der Waals surface area contributed by atoms with E-state index < -0.39 is 164 Å². The Balaban J connectivity index is 1.52. The average molecular weight is 2070 g/mol. The van der Waals surface area contributed by atoms with Crippen LogP contribution in [0.4, 0.5) is 9.59 Å². The fraction of sp³-hybridized carbons (Fsp3) is 0.679. The number of phosphoric ester groups is 1. The van der Waals surface area contributed by atoms with Crippen molar-refractivity contribution in [2.75, 3.05) is 39.6 Å². The summed E-state index contributed by atoms with van der Waals surface area (Å²) < 4.78 is 115. The molecular weight excluding hydrogens is 1910 g/mol. The van der Waals surface area contributed by atoms with Crippen LogP contribution < -0.4 is 19.7 Å². The van der Waals surface area contributed by atoms with Crippen molar-refractivity contribution in [2.24, 2.45) is 0 Å². The Labute approximate surface area is 852 Å². The molecule has 0 aliphatic carbocycles. The fourth-order valence-electron chi connectivity index (χ4n) is 16.6. The Morgan fingerprint density at radius 2 is 0.761 bits per heavy atom. The topological polar surface area (TPSA) is 291 Å². The lowest BCUT2D eigenvalue weighted by Crippen LogP contribution is -2.68. The molecule has 0 spiro atoms. The van der Waals surface area contributed by atoms with E-state index >= 15 is 18.9 Å². The highest BCUT2D eigenvalue weighted by Gasteiger charge is 2.57. The zero-order valence-corrected chi connectivity index (χ0v) is 87.6. The van der Waals surface area contributed by atoms with E-state index in [0.717, 1.165) is 172 Å². The van der Waals surface area contributed by atoms with Crippen LogP contribution in [0.15, 0.2) is 147 Å². The number of halogens is 6. The van der Waals surface area contributed by atoms with Crippen LogP contribution in [0.3, 0.4) is 0 Å². The molecule has 0 saturated carbocycles. The second kappa shape index (κ2) is 73.1. The smallest absolute Gasteiger partial charge is 0.462 e. The van der Waals surface area contributed by atoms with Gasteiger partial charge in [0.25, 0.3) is 0 Å².